The Morgan fingerprint density at radius 2 is 0.905 bits per heavy atom. The summed E-state index contributed by atoms with van der Waals surface area (Å²) < 4.78 is 9.12. The van der Waals surface area contributed by atoms with Gasteiger partial charge in [-0.3, -0.25) is 0 Å². The molecule has 0 aliphatic carbocycles. The van der Waals surface area contributed by atoms with Gasteiger partial charge in [-0.25, -0.2) is 0 Å². The Labute approximate surface area is 363 Å². The molecule has 2 aromatic heterocycles. The highest BCUT2D eigenvalue weighted by Crippen LogP contribution is 2.45. The molecule has 0 bridgehead atoms. The van der Waals surface area contributed by atoms with Gasteiger partial charge in [-0.2, -0.15) is 0 Å². The van der Waals surface area contributed by atoms with Crippen LogP contribution in [0.4, 0.5) is 17.1 Å². The van der Waals surface area contributed by atoms with Gasteiger partial charge in [-0.15, -0.1) is 0 Å². The fraction of sp³-hybridized carbons (Fsp3) is 0. The monoisotopic (exact) mass is 802 g/mol. The van der Waals surface area contributed by atoms with Crippen molar-refractivity contribution in [2.24, 2.45) is 0 Å². The van der Waals surface area contributed by atoms with E-state index in [1.54, 1.807) is 0 Å². The predicted molar refractivity (Wildman–Crippen MR) is 266 cm³/mol. The zero-order valence-corrected chi connectivity index (χ0v) is 34.2. The van der Waals surface area contributed by atoms with Crippen molar-refractivity contribution in [3.63, 3.8) is 0 Å². The van der Waals surface area contributed by atoms with Crippen molar-refractivity contribution in [3.8, 4) is 27.9 Å². The van der Waals surface area contributed by atoms with Gasteiger partial charge in [0.25, 0.3) is 0 Å². The lowest BCUT2D eigenvalue weighted by Gasteiger charge is -2.27. The highest BCUT2D eigenvalue weighted by atomic mass is 16.3. The van der Waals surface area contributed by atoms with E-state index in [0.717, 1.165) is 72.2 Å². The molecule has 0 amide bonds. The number of hydrogen-bond donors (Lipinski definition) is 0. The summed E-state index contributed by atoms with van der Waals surface area (Å²) in [6.45, 7) is 0. The lowest BCUT2D eigenvalue weighted by Crippen LogP contribution is -2.10. The van der Waals surface area contributed by atoms with Gasteiger partial charge < -0.3 is 13.9 Å². The highest BCUT2D eigenvalue weighted by molar-refractivity contribution is 6.20. The largest absolute Gasteiger partial charge is 0.455 e. The van der Waals surface area contributed by atoms with Crippen molar-refractivity contribution in [3.05, 3.63) is 231 Å². The minimum Gasteiger partial charge on any atom is -0.455 e. The summed E-state index contributed by atoms with van der Waals surface area (Å²) >= 11 is 0. The van der Waals surface area contributed by atoms with E-state index in [1.165, 1.54) is 48.9 Å². The van der Waals surface area contributed by atoms with Gasteiger partial charge >= 0.3 is 0 Å². The van der Waals surface area contributed by atoms with Crippen molar-refractivity contribution >= 4 is 93.1 Å². The lowest BCUT2D eigenvalue weighted by atomic mass is 9.97. The smallest absolute Gasteiger partial charge is 0.143 e. The van der Waals surface area contributed by atoms with E-state index in [9.17, 15) is 0 Å². The summed E-state index contributed by atoms with van der Waals surface area (Å²) in [5.41, 5.74) is 13.1. The third-order valence-corrected chi connectivity index (χ3v) is 12.9. The SMILES string of the molecule is c1cc(-c2ccc3c(ccc4ccccc43)c2)cc(N(c2ccc(-c3cccc(-n4c5ccccc5c5ccccc54)c3)cc2)c2cccc3oc4c5ccccc5ccc4c23)c1. The first-order valence-electron chi connectivity index (χ1n) is 21.6. The molecule has 0 aliphatic heterocycles. The van der Waals surface area contributed by atoms with E-state index in [-0.39, 0.29) is 0 Å². The second-order valence-corrected chi connectivity index (χ2v) is 16.5. The quantitative estimate of drug-likeness (QED) is 0.156. The average Bonchev–Trinajstić information content (AvgIpc) is 3.91. The number of furan rings is 1. The zero-order valence-electron chi connectivity index (χ0n) is 34.2. The minimum atomic E-state index is 0.861. The zero-order chi connectivity index (χ0) is 41.4. The summed E-state index contributed by atoms with van der Waals surface area (Å²) in [5.74, 6) is 0. The van der Waals surface area contributed by atoms with Crippen molar-refractivity contribution in [1.82, 2.24) is 4.57 Å². The van der Waals surface area contributed by atoms with Crippen LogP contribution in [-0.2, 0) is 0 Å². The molecular formula is C60H38N2O. The molecule has 13 rings (SSSR count). The number of hydrogen-bond acceptors (Lipinski definition) is 2. The number of aromatic nitrogens is 1. The Bertz CT molecular complexity index is 3870. The summed E-state index contributed by atoms with van der Waals surface area (Å²) in [7, 11) is 0. The van der Waals surface area contributed by atoms with Crippen LogP contribution in [0.1, 0.15) is 0 Å². The third-order valence-electron chi connectivity index (χ3n) is 12.9. The molecule has 0 fully saturated rings. The van der Waals surface area contributed by atoms with Crippen LogP contribution in [0.3, 0.4) is 0 Å². The van der Waals surface area contributed by atoms with Crippen molar-refractivity contribution < 1.29 is 4.42 Å². The molecule has 0 saturated heterocycles. The molecule has 13 aromatic rings. The van der Waals surface area contributed by atoms with Crippen LogP contribution in [-0.4, -0.2) is 4.57 Å². The predicted octanol–water partition coefficient (Wildman–Crippen LogP) is 16.9. The van der Waals surface area contributed by atoms with E-state index in [1.807, 2.05) is 0 Å². The molecule has 0 atom stereocenters. The number of anilines is 3. The maximum atomic E-state index is 6.74. The van der Waals surface area contributed by atoms with E-state index in [0.29, 0.717) is 0 Å². The second kappa shape index (κ2) is 14.1. The molecule has 63 heavy (non-hydrogen) atoms. The molecule has 294 valence electrons. The van der Waals surface area contributed by atoms with E-state index in [4.69, 9.17) is 4.42 Å². The minimum absolute atomic E-state index is 0.861. The van der Waals surface area contributed by atoms with E-state index < -0.39 is 0 Å². The number of benzene rings is 11. The third kappa shape index (κ3) is 5.67. The second-order valence-electron chi connectivity index (χ2n) is 16.5. The summed E-state index contributed by atoms with van der Waals surface area (Å²) in [6, 6.07) is 83.5. The van der Waals surface area contributed by atoms with Gasteiger partial charge in [0.1, 0.15) is 11.2 Å². The van der Waals surface area contributed by atoms with Gasteiger partial charge in [-0.1, -0.05) is 158 Å². The molecule has 0 aliphatic rings. The summed E-state index contributed by atoms with van der Waals surface area (Å²) in [4.78, 5) is 2.39. The standard InChI is InChI=1S/C60H38N2O/c1-3-18-49-40(12-1)26-27-45-36-44(31-34-50(45)49)43-15-10-16-47(38-43)61(57-24-11-25-58-59(57)54-35-30-41-13-2-4-19-51(41)60(54)63-58)46-32-28-39(29-33-46)42-14-9-17-48(37-42)62-55-22-7-5-20-52(55)53-21-6-8-23-56(53)62/h1-38H. The van der Waals surface area contributed by atoms with E-state index in [2.05, 4.69) is 240 Å². The Morgan fingerprint density at radius 1 is 0.333 bits per heavy atom. The van der Waals surface area contributed by atoms with Gasteiger partial charge in [0.15, 0.2) is 0 Å². The number of fused-ring (bicyclic) bond motifs is 11. The molecule has 11 aromatic carbocycles. The fourth-order valence-corrected chi connectivity index (χ4v) is 9.99. The Balaban J connectivity index is 0.960. The highest BCUT2D eigenvalue weighted by Gasteiger charge is 2.21. The first-order chi connectivity index (χ1) is 31.2. The molecule has 0 saturated carbocycles. The summed E-state index contributed by atoms with van der Waals surface area (Å²) in [5, 5.41) is 12.0. The van der Waals surface area contributed by atoms with Crippen LogP contribution in [0.5, 0.6) is 0 Å². The summed E-state index contributed by atoms with van der Waals surface area (Å²) in [6.07, 6.45) is 0. The molecule has 3 heteroatoms. The maximum Gasteiger partial charge on any atom is 0.143 e. The first kappa shape index (κ1) is 35.4. The van der Waals surface area contributed by atoms with Crippen molar-refractivity contribution in [1.29, 1.82) is 0 Å². The van der Waals surface area contributed by atoms with Crippen LogP contribution >= 0.6 is 0 Å². The van der Waals surface area contributed by atoms with Crippen LogP contribution in [0.15, 0.2) is 235 Å². The van der Waals surface area contributed by atoms with E-state index >= 15 is 0 Å². The molecule has 0 radical (unpaired) electrons. The van der Waals surface area contributed by atoms with Crippen LogP contribution in [0, 0.1) is 0 Å². The van der Waals surface area contributed by atoms with Crippen molar-refractivity contribution in [2.75, 3.05) is 4.90 Å². The topological polar surface area (TPSA) is 21.3 Å². The first-order valence-corrected chi connectivity index (χ1v) is 21.6. The number of nitrogens with zero attached hydrogens (tertiary/aromatic N) is 2. The Kier molecular flexibility index (Phi) is 7.91. The normalized spacial score (nSPS) is 11.8. The number of para-hydroxylation sites is 2. The van der Waals surface area contributed by atoms with Crippen LogP contribution in [0.2, 0.25) is 0 Å². The van der Waals surface area contributed by atoms with Crippen LogP contribution < -0.4 is 4.90 Å². The molecule has 2 heterocycles. The maximum absolute atomic E-state index is 6.74. The van der Waals surface area contributed by atoms with Crippen molar-refractivity contribution in [2.45, 2.75) is 0 Å². The Hall–Kier alpha value is -8.40. The molecule has 3 nitrogen and oxygen atoms in total. The Morgan fingerprint density at radius 3 is 1.70 bits per heavy atom. The molecule has 0 N–H and O–H groups in total. The molecule has 0 unspecified atom stereocenters. The van der Waals surface area contributed by atoms with Gasteiger partial charge in [-0.05, 0) is 122 Å². The van der Waals surface area contributed by atoms with Gasteiger partial charge in [0.2, 0.25) is 0 Å². The lowest BCUT2D eigenvalue weighted by molar-refractivity contribution is 0.672. The molecule has 0 spiro atoms. The average molecular weight is 803 g/mol. The van der Waals surface area contributed by atoms with Crippen LogP contribution in [0.25, 0.3) is 104 Å². The molecular weight excluding hydrogens is 765 g/mol. The van der Waals surface area contributed by atoms with Gasteiger partial charge in [0.05, 0.1) is 22.1 Å². The van der Waals surface area contributed by atoms with Gasteiger partial charge in [0, 0.05) is 38.6 Å². The number of rotatable bonds is 6. The fourth-order valence-electron chi connectivity index (χ4n) is 9.99.